The molecule has 0 saturated heterocycles. The van der Waals surface area contributed by atoms with Crippen molar-refractivity contribution in [1.29, 1.82) is 0 Å². The predicted molar refractivity (Wildman–Crippen MR) is 99.7 cm³/mol. The molecule has 1 aromatic heterocycles. The molecule has 1 atom stereocenters. The van der Waals surface area contributed by atoms with Crippen LogP contribution in [0.2, 0.25) is 5.02 Å². The van der Waals surface area contributed by atoms with Crippen molar-refractivity contribution in [2.24, 2.45) is 0 Å². The number of benzene rings is 1. The van der Waals surface area contributed by atoms with Gasteiger partial charge in [0.15, 0.2) is 0 Å². The molecule has 0 fully saturated rings. The average Bonchev–Trinajstić information content (AvgIpc) is 2.87. The molecule has 1 unspecified atom stereocenters. The second-order valence-corrected chi connectivity index (χ2v) is 7.04. The number of aryl methyl sites for hydroxylation is 1. The summed E-state index contributed by atoms with van der Waals surface area (Å²) in [6.07, 6.45) is 0.998. The zero-order valence-electron chi connectivity index (χ0n) is 15.1. The number of fused-ring (bicyclic) bond motifs is 1. The first kappa shape index (κ1) is 18.0. The summed E-state index contributed by atoms with van der Waals surface area (Å²) in [5.74, 6) is 0.0620. The molecule has 0 spiro atoms. The molecule has 5 nitrogen and oxygen atoms in total. The van der Waals surface area contributed by atoms with Gasteiger partial charge >= 0.3 is 0 Å². The van der Waals surface area contributed by atoms with Gasteiger partial charge in [0.25, 0.3) is 0 Å². The molecule has 0 saturated carbocycles. The van der Waals surface area contributed by atoms with Crippen molar-refractivity contribution in [3.8, 4) is 0 Å². The lowest BCUT2D eigenvalue weighted by atomic mass is 9.99. The zero-order valence-corrected chi connectivity index (χ0v) is 15.8. The van der Waals surface area contributed by atoms with Crippen LogP contribution < -0.4 is 5.32 Å². The van der Waals surface area contributed by atoms with E-state index in [0.29, 0.717) is 18.1 Å². The van der Waals surface area contributed by atoms with Gasteiger partial charge in [-0.15, -0.1) is 0 Å². The maximum atomic E-state index is 12.5. The number of hydrogen-bond donors (Lipinski definition) is 1. The Bertz CT molecular complexity index is 771. The van der Waals surface area contributed by atoms with E-state index in [4.69, 9.17) is 11.6 Å². The van der Waals surface area contributed by atoms with E-state index in [2.05, 4.69) is 39.6 Å². The molecule has 0 radical (unpaired) electrons. The Kier molecular flexibility index (Phi) is 5.45. The highest BCUT2D eigenvalue weighted by molar-refractivity contribution is 6.31. The van der Waals surface area contributed by atoms with Gasteiger partial charge in [-0.1, -0.05) is 35.9 Å². The van der Waals surface area contributed by atoms with Crippen LogP contribution in [0, 0.1) is 13.8 Å². The van der Waals surface area contributed by atoms with E-state index in [0.717, 1.165) is 30.9 Å². The summed E-state index contributed by atoms with van der Waals surface area (Å²) in [6, 6.07) is 8.33. The molecule has 1 amide bonds. The largest absolute Gasteiger partial charge is 0.353 e. The minimum absolute atomic E-state index is 0.0620. The summed E-state index contributed by atoms with van der Waals surface area (Å²) in [6.45, 7) is 8.73. The van der Waals surface area contributed by atoms with E-state index in [1.165, 1.54) is 11.1 Å². The van der Waals surface area contributed by atoms with E-state index < -0.39 is 0 Å². The van der Waals surface area contributed by atoms with E-state index in [1.54, 1.807) is 0 Å². The summed E-state index contributed by atoms with van der Waals surface area (Å²) in [5.41, 5.74) is 4.48. The van der Waals surface area contributed by atoms with Crippen LogP contribution in [0.1, 0.15) is 29.4 Å². The fraction of sp³-hybridized carbons (Fsp3) is 0.474. The lowest BCUT2D eigenvalue weighted by molar-refractivity contribution is -0.126. The van der Waals surface area contributed by atoms with Crippen LogP contribution in [-0.2, 0) is 24.3 Å². The van der Waals surface area contributed by atoms with Crippen molar-refractivity contribution in [2.75, 3.05) is 13.1 Å². The molecular weight excluding hydrogens is 336 g/mol. The van der Waals surface area contributed by atoms with Gasteiger partial charge < -0.3 is 5.32 Å². The normalized spacial score (nSPS) is 15.7. The van der Waals surface area contributed by atoms with Crippen molar-refractivity contribution < 1.29 is 4.79 Å². The number of rotatable bonds is 5. The SMILES string of the molecule is Cc1nn(CCNC(=O)C(C)N2CCc3ccccc3C2)c(C)c1Cl. The highest BCUT2D eigenvalue weighted by Gasteiger charge is 2.24. The van der Waals surface area contributed by atoms with Crippen LogP contribution >= 0.6 is 11.6 Å². The molecule has 134 valence electrons. The maximum absolute atomic E-state index is 12.5. The fourth-order valence-electron chi connectivity index (χ4n) is 3.34. The van der Waals surface area contributed by atoms with Crippen molar-refractivity contribution in [2.45, 2.75) is 46.3 Å². The number of nitrogens with zero attached hydrogens (tertiary/aromatic N) is 3. The second-order valence-electron chi connectivity index (χ2n) is 6.66. The third kappa shape index (κ3) is 3.88. The van der Waals surface area contributed by atoms with Crippen LogP contribution in [0.5, 0.6) is 0 Å². The molecule has 1 N–H and O–H groups in total. The summed E-state index contributed by atoms with van der Waals surface area (Å²) >= 11 is 6.16. The first-order valence-electron chi connectivity index (χ1n) is 8.75. The number of aromatic nitrogens is 2. The van der Waals surface area contributed by atoms with E-state index in [1.807, 2.05) is 25.5 Å². The maximum Gasteiger partial charge on any atom is 0.237 e. The first-order valence-corrected chi connectivity index (χ1v) is 9.13. The Balaban J connectivity index is 1.52. The lowest BCUT2D eigenvalue weighted by Crippen LogP contribution is -2.47. The minimum atomic E-state index is -0.141. The highest BCUT2D eigenvalue weighted by atomic mass is 35.5. The quantitative estimate of drug-likeness (QED) is 0.891. The number of amides is 1. The molecule has 6 heteroatoms. The van der Waals surface area contributed by atoms with Crippen LogP contribution in [0.25, 0.3) is 0 Å². The number of carbonyl (C=O) groups excluding carboxylic acids is 1. The van der Waals surface area contributed by atoms with Gasteiger partial charge in [-0.2, -0.15) is 5.10 Å². The summed E-state index contributed by atoms with van der Waals surface area (Å²) in [4.78, 5) is 14.7. The Hall–Kier alpha value is -1.85. The molecule has 1 aliphatic heterocycles. The standard InChI is InChI=1S/C19H25ClN4O/c1-13-18(20)14(2)24(22-13)11-9-21-19(25)15(3)23-10-8-16-6-4-5-7-17(16)12-23/h4-7,15H,8-12H2,1-3H3,(H,21,25). The van der Waals surface area contributed by atoms with Gasteiger partial charge in [-0.3, -0.25) is 14.4 Å². The summed E-state index contributed by atoms with van der Waals surface area (Å²) in [5, 5.41) is 8.11. The molecule has 3 rings (SSSR count). The van der Waals surface area contributed by atoms with Gasteiger partial charge in [0.05, 0.1) is 29.0 Å². The van der Waals surface area contributed by atoms with Gasteiger partial charge in [-0.25, -0.2) is 0 Å². The molecule has 2 heterocycles. The van der Waals surface area contributed by atoms with E-state index in [-0.39, 0.29) is 11.9 Å². The number of nitrogens with one attached hydrogen (secondary N) is 1. The minimum Gasteiger partial charge on any atom is -0.353 e. The van der Waals surface area contributed by atoms with E-state index in [9.17, 15) is 4.79 Å². The van der Waals surface area contributed by atoms with E-state index >= 15 is 0 Å². The van der Waals surface area contributed by atoms with Crippen molar-refractivity contribution >= 4 is 17.5 Å². The first-order chi connectivity index (χ1) is 12.0. The monoisotopic (exact) mass is 360 g/mol. The third-order valence-electron chi connectivity index (χ3n) is 5.00. The van der Waals surface area contributed by atoms with Crippen molar-refractivity contribution in [3.63, 3.8) is 0 Å². The van der Waals surface area contributed by atoms with Crippen LogP contribution in [-0.4, -0.2) is 39.7 Å². The van der Waals surface area contributed by atoms with Crippen molar-refractivity contribution in [1.82, 2.24) is 20.0 Å². The fourth-order valence-corrected chi connectivity index (χ4v) is 3.47. The smallest absolute Gasteiger partial charge is 0.237 e. The van der Waals surface area contributed by atoms with Gasteiger partial charge in [0.1, 0.15) is 0 Å². The molecule has 25 heavy (non-hydrogen) atoms. The third-order valence-corrected chi connectivity index (χ3v) is 5.55. The Morgan fingerprint density at radius 2 is 2.04 bits per heavy atom. The Labute approximate surface area is 154 Å². The lowest BCUT2D eigenvalue weighted by Gasteiger charge is -2.32. The van der Waals surface area contributed by atoms with Gasteiger partial charge in [-0.05, 0) is 38.3 Å². The topological polar surface area (TPSA) is 50.2 Å². The van der Waals surface area contributed by atoms with Crippen LogP contribution in [0.4, 0.5) is 0 Å². The number of halogens is 1. The van der Waals surface area contributed by atoms with Gasteiger partial charge in [0.2, 0.25) is 5.91 Å². The molecule has 0 bridgehead atoms. The molecule has 2 aromatic rings. The van der Waals surface area contributed by atoms with Crippen molar-refractivity contribution in [3.05, 3.63) is 51.8 Å². The molecule has 1 aliphatic rings. The molecule has 0 aliphatic carbocycles. The highest BCUT2D eigenvalue weighted by Crippen LogP contribution is 2.20. The zero-order chi connectivity index (χ0) is 18.0. The molecule has 1 aromatic carbocycles. The second kappa shape index (κ2) is 7.58. The van der Waals surface area contributed by atoms with Crippen LogP contribution in [0.3, 0.4) is 0 Å². The molecular formula is C19H25ClN4O. The number of hydrogen-bond acceptors (Lipinski definition) is 3. The Morgan fingerprint density at radius 3 is 2.72 bits per heavy atom. The predicted octanol–water partition coefficient (Wildman–Crippen LogP) is 2.72. The average molecular weight is 361 g/mol. The summed E-state index contributed by atoms with van der Waals surface area (Å²) in [7, 11) is 0. The van der Waals surface area contributed by atoms with Gasteiger partial charge in [0, 0.05) is 19.6 Å². The number of carbonyl (C=O) groups is 1. The van der Waals surface area contributed by atoms with Crippen LogP contribution in [0.15, 0.2) is 24.3 Å². The Morgan fingerprint density at radius 1 is 1.32 bits per heavy atom. The summed E-state index contributed by atoms with van der Waals surface area (Å²) < 4.78 is 1.85.